The minimum atomic E-state index is -4.62. The highest BCUT2D eigenvalue weighted by atomic mass is 32.2. The molecule has 1 aromatic rings. The lowest BCUT2D eigenvalue weighted by atomic mass is 10.3. The van der Waals surface area contributed by atoms with E-state index in [0.29, 0.717) is 5.69 Å². The summed E-state index contributed by atoms with van der Waals surface area (Å²) in [6.07, 6.45) is -1.40. The number of nitrogens with one attached hydrogen (secondary N) is 1. The van der Waals surface area contributed by atoms with Crippen molar-refractivity contribution in [2.75, 3.05) is 11.9 Å². The lowest BCUT2D eigenvalue weighted by Crippen LogP contribution is -2.34. The molecule has 19 heavy (non-hydrogen) atoms. The number of amides is 1. The van der Waals surface area contributed by atoms with E-state index in [1.807, 2.05) is 0 Å². The number of hydrogen-bond acceptors (Lipinski definition) is 5. The van der Waals surface area contributed by atoms with Crippen LogP contribution in [-0.4, -0.2) is 37.8 Å². The van der Waals surface area contributed by atoms with Crippen LogP contribution in [-0.2, 0) is 14.6 Å². The first-order valence-electron chi connectivity index (χ1n) is 5.08. The molecular formula is C10H12F2N2O4S. The number of nitrogens with two attached hydrogens (primary N) is 1. The fourth-order valence-corrected chi connectivity index (χ4v) is 1.90. The lowest BCUT2D eigenvalue weighted by molar-refractivity contribution is -0.125. The van der Waals surface area contributed by atoms with Gasteiger partial charge in [-0.2, -0.15) is 8.78 Å². The Morgan fingerprint density at radius 3 is 2.26 bits per heavy atom. The number of carbonyl (C=O) groups excluding carboxylic acids is 1. The van der Waals surface area contributed by atoms with Crippen LogP contribution in [0, 0.1) is 0 Å². The standard InChI is InChI=1S/C10H12F2N2O4S/c11-10(12)19(17,18)7-3-1-6(2-4-7)14-5-8(15)9(13)16/h1-4,8,10,14-15H,5H2,(H2,13,16). The van der Waals surface area contributed by atoms with Gasteiger partial charge in [0.25, 0.3) is 0 Å². The Kier molecular flexibility index (Phi) is 4.78. The molecule has 0 saturated heterocycles. The number of halogens is 2. The monoisotopic (exact) mass is 294 g/mol. The molecule has 1 aromatic carbocycles. The second-order valence-corrected chi connectivity index (χ2v) is 5.55. The van der Waals surface area contributed by atoms with E-state index in [9.17, 15) is 22.0 Å². The van der Waals surface area contributed by atoms with Gasteiger partial charge in [0.1, 0.15) is 6.10 Å². The Labute approximate surface area is 108 Å². The highest BCUT2D eigenvalue weighted by molar-refractivity contribution is 7.91. The maximum absolute atomic E-state index is 12.3. The number of hydrogen-bond donors (Lipinski definition) is 3. The van der Waals surface area contributed by atoms with Crippen molar-refractivity contribution in [2.45, 2.75) is 16.8 Å². The molecule has 0 aliphatic rings. The third kappa shape index (κ3) is 3.86. The summed E-state index contributed by atoms with van der Waals surface area (Å²) in [4.78, 5) is 10.0. The van der Waals surface area contributed by atoms with Gasteiger partial charge < -0.3 is 16.2 Å². The van der Waals surface area contributed by atoms with Crippen molar-refractivity contribution in [3.05, 3.63) is 24.3 Å². The second kappa shape index (κ2) is 5.93. The lowest BCUT2D eigenvalue weighted by Gasteiger charge is -2.10. The first kappa shape index (κ1) is 15.3. The summed E-state index contributed by atoms with van der Waals surface area (Å²) in [6, 6.07) is 4.48. The van der Waals surface area contributed by atoms with E-state index >= 15 is 0 Å². The largest absolute Gasteiger partial charge is 0.382 e. The van der Waals surface area contributed by atoms with E-state index in [4.69, 9.17) is 10.8 Å². The van der Waals surface area contributed by atoms with Crippen molar-refractivity contribution in [1.29, 1.82) is 0 Å². The first-order valence-corrected chi connectivity index (χ1v) is 6.63. The number of aliphatic hydroxyl groups is 1. The number of primary amides is 1. The van der Waals surface area contributed by atoms with E-state index in [1.165, 1.54) is 12.1 Å². The van der Waals surface area contributed by atoms with Crippen LogP contribution >= 0.6 is 0 Å². The Balaban J connectivity index is 2.75. The molecule has 1 rings (SSSR count). The highest BCUT2D eigenvalue weighted by Gasteiger charge is 2.26. The zero-order valence-electron chi connectivity index (χ0n) is 9.58. The fourth-order valence-electron chi connectivity index (χ4n) is 1.18. The van der Waals surface area contributed by atoms with E-state index < -0.39 is 32.5 Å². The van der Waals surface area contributed by atoms with Crippen molar-refractivity contribution in [3.8, 4) is 0 Å². The van der Waals surface area contributed by atoms with Crippen LogP contribution in [0.1, 0.15) is 0 Å². The van der Waals surface area contributed by atoms with E-state index in [0.717, 1.165) is 12.1 Å². The molecule has 0 aliphatic carbocycles. The van der Waals surface area contributed by atoms with Crippen molar-refractivity contribution in [2.24, 2.45) is 5.73 Å². The topological polar surface area (TPSA) is 109 Å². The molecule has 106 valence electrons. The molecule has 1 atom stereocenters. The van der Waals surface area contributed by atoms with Crippen molar-refractivity contribution < 1.29 is 27.1 Å². The van der Waals surface area contributed by atoms with Gasteiger partial charge in [-0.1, -0.05) is 0 Å². The number of anilines is 1. The molecule has 0 saturated carbocycles. The van der Waals surface area contributed by atoms with Gasteiger partial charge in [0.15, 0.2) is 0 Å². The highest BCUT2D eigenvalue weighted by Crippen LogP contribution is 2.20. The first-order chi connectivity index (χ1) is 8.75. The third-order valence-electron chi connectivity index (χ3n) is 2.25. The molecule has 0 spiro atoms. The van der Waals surface area contributed by atoms with Gasteiger partial charge in [-0.05, 0) is 24.3 Å². The molecule has 9 heteroatoms. The van der Waals surface area contributed by atoms with Crippen LogP contribution in [0.25, 0.3) is 0 Å². The van der Waals surface area contributed by atoms with Gasteiger partial charge in [-0.15, -0.1) is 0 Å². The summed E-state index contributed by atoms with van der Waals surface area (Å²) in [7, 11) is -4.62. The molecule has 0 radical (unpaired) electrons. The average molecular weight is 294 g/mol. The average Bonchev–Trinajstić information content (AvgIpc) is 2.36. The van der Waals surface area contributed by atoms with Crippen LogP contribution in [0.5, 0.6) is 0 Å². The summed E-state index contributed by atoms with van der Waals surface area (Å²) in [5.41, 5.74) is 5.18. The van der Waals surface area contributed by atoms with Gasteiger partial charge in [0, 0.05) is 12.2 Å². The van der Waals surface area contributed by atoms with Gasteiger partial charge in [0.05, 0.1) is 4.90 Å². The van der Waals surface area contributed by atoms with Gasteiger partial charge in [-0.3, -0.25) is 4.79 Å². The van der Waals surface area contributed by atoms with Gasteiger partial charge >= 0.3 is 5.76 Å². The summed E-state index contributed by atoms with van der Waals surface area (Å²) in [5, 5.41) is 11.7. The number of sulfone groups is 1. The molecule has 0 heterocycles. The molecule has 0 fully saturated rings. The molecule has 1 amide bonds. The SMILES string of the molecule is NC(=O)C(O)CNc1ccc(S(=O)(=O)C(F)F)cc1. The Hall–Kier alpha value is -1.74. The summed E-state index contributed by atoms with van der Waals surface area (Å²) in [6.45, 7) is -0.170. The maximum Gasteiger partial charge on any atom is 0.341 e. The summed E-state index contributed by atoms with van der Waals surface area (Å²) in [5.74, 6) is -4.40. The van der Waals surface area contributed by atoms with E-state index in [1.54, 1.807) is 0 Å². The minimum absolute atomic E-state index is 0.170. The maximum atomic E-state index is 12.3. The number of rotatable bonds is 6. The van der Waals surface area contributed by atoms with Crippen molar-refractivity contribution >= 4 is 21.4 Å². The molecular weight excluding hydrogens is 282 g/mol. The fraction of sp³-hybridized carbons (Fsp3) is 0.300. The predicted octanol–water partition coefficient (Wildman–Crippen LogP) is -0.0590. The third-order valence-corrected chi connectivity index (χ3v) is 3.64. The van der Waals surface area contributed by atoms with E-state index in [-0.39, 0.29) is 6.54 Å². The number of alkyl halides is 2. The summed E-state index contributed by atoms with van der Waals surface area (Å²) >= 11 is 0. The molecule has 1 unspecified atom stereocenters. The van der Waals surface area contributed by atoms with Gasteiger partial charge in [-0.25, -0.2) is 8.42 Å². The smallest absolute Gasteiger partial charge is 0.341 e. The Morgan fingerprint density at radius 2 is 1.84 bits per heavy atom. The van der Waals surface area contributed by atoms with Crippen LogP contribution < -0.4 is 11.1 Å². The van der Waals surface area contributed by atoms with Crippen molar-refractivity contribution in [1.82, 2.24) is 0 Å². The quantitative estimate of drug-likeness (QED) is 0.681. The number of carbonyl (C=O) groups is 1. The molecule has 4 N–H and O–H groups in total. The van der Waals surface area contributed by atoms with Crippen LogP contribution in [0.15, 0.2) is 29.2 Å². The number of aliphatic hydroxyl groups excluding tert-OH is 1. The van der Waals surface area contributed by atoms with Crippen LogP contribution in [0.3, 0.4) is 0 Å². The van der Waals surface area contributed by atoms with E-state index in [2.05, 4.69) is 5.32 Å². The normalized spacial score (nSPS) is 13.3. The van der Waals surface area contributed by atoms with Crippen LogP contribution in [0.2, 0.25) is 0 Å². The van der Waals surface area contributed by atoms with Crippen LogP contribution in [0.4, 0.5) is 14.5 Å². The molecule has 0 aromatic heterocycles. The molecule has 0 aliphatic heterocycles. The predicted molar refractivity (Wildman–Crippen MR) is 63.3 cm³/mol. The summed E-state index contributed by atoms with van der Waals surface area (Å²) < 4.78 is 46.8. The van der Waals surface area contributed by atoms with Crippen molar-refractivity contribution in [3.63, 3.8) is 0 Å². The molecule has 6 nitrogen and oxygen atoms in total. The molecule has 0 bridgehead atoms. The Bertz CT molecular complexity index is 545. The zero-order valence-corrected chi connectivity index (χ0v) is 10.4. The number of benzene rings is 1. The second-order valence-electron chi connectivity index (χ2n) is 3.63. The Morgan fingerprint density at radius 1 is 1.32 bits per heavy atom. The zero-order chi connectivity index (χ0) is 14.6. The van der Waals surface area contributed by atoms with Gasteiger partial charge in [0.2, 0.25) is 15.7 Å². The minimum Gasteiger partial charge on any atom is -0.382 e.